The fourth-order valence-electron chi connectivity index (χ4n) is 3.32. The van der Waals surface area contributed by atoms with Gasteiger partial charge in [-0.1, -0.05) is 6.92 Å². The maximum Gasteiger partial charge on any atom is 0.332 e. The van der Waals surface area contributed by atoms with Crippen molar-refractivity contribution in [3.8, 4) is 11.6 Å². The monoisotopic (exact) mass is 385 g/mol. The molecule has 0 saturated carbocycles. The number of rotatable bonds is 2. The molecule has 0 bridgehead atoms. The van der Waals surface area contributed by atoms with Gasteiger partial charge in [-0.2, -0.15) is 4.98 Å². The van der Waals surface area contributed by atoms with Crippen molar-refractivity contribution in [3.05, 3.63) is 66.8 Å². The van der Waals surface area contributed by atoms with Crippen LogP contribution in [0.5, 0.6) is 5.88 Å². The second kappa shape index (κ2) is 5.91. The molecule has 0 aliphatic heterocycles. The molecule has 0 atom stereocenters. The minimum atomic E-state index is -0.660. The number of aryl methyl sites for hydroxylation is 1. The van der Waals surface area contributed by atoms with E-state index in [1.54, 1.807) is 6.92 Å². The van der Waals surface area contributed by atoms with Gasteiger partial charge in [-0.3, -0.25) is 18.7 Å². The van der Waals surface area contributed by atoms with Crippen LogP contribution in [0.2, 0.25) is 0 Å². The van der Waals surface area contributed by atoms with Crippen LogP contribution in [0.1, 0.15) is 12.5 Å². The summed E-state index contributed by atoms with van der Waals surface area (Å²) in [7, 11) is 2.76. The first-order chi connectivity index (χ1) is 13.3. The highest BCUT2D eigenvalue weighted by molar-refractivity contribution is 5.77. The molecule has 0 aliphatic rings. The molecule has 1 N–H and O–H groups in total. The highest BCUT2D eigenvalue weighted by Gasteiger charge is 2.24. The van der Waals surface area contributed by atoms with Gasteiger partial charge in [-0.15, -0.1) is 0 Å². The lowest BCUT2D eigenvalue weighted by Gasteiger charge is -2.12. The average Bonchev–Trinajstić information content (AvgIpc) is 3.07. The molecule has 1 aromatic carbocycles. The standard InChI is InChI=1S/C18H16FN5O4/c1-4-11-14(25)23(10-7-5-9(19)6-8-10)17-20-13-12(24(17)15(11)26)16(27)22(3)18(28)21(13)2/h5-8,26H,4H2,1-3H3. The van der Waals surface area contributed by atoms with Crippen LogP contribution in [-0.4, -0.2) is 28.2 Å². The molecule has 9 nitrogen and oxygen atoms in total. The molecule has 0 fully saturated rings. The molecule has 144 valence electrons. The minimum Gasteiger partial charge on any atom is -0.494 e. The minimum absolute atomic E-state index is 0.0203. The van der Waals surface area contributed by atoms with Gasteiger partial charge < -0.3 is 5.11 Å². The zero-order chi connectivity index (χ0) is 20.3. The molecule has 10 heteroatoms. The molecular formula is C18H16FN5O4. The lowest BCUT2D eigenvalue weighted by molar-refractivity contribution is 0.437. The van der Waals surface area contributed by atoms with Crippen molar-refractivity contribution >= 4 is 16.9 Å². The van der Waals surface area contributed by atoms with Crippen molar-refractivity contribution in [2.24, 2.45) is 14.1 Å². The van der Waals surface area contributed by atoms with E-state index in [1.807, 2.05) is 0 Å². The van der Waals surface area contributed by atoms with Crippen LogP contribution in [0.3, 0.4) is 0 Å². The Labute approximate surface area is 156 Å². The quantitative estimate of drug-likeness (QED) is 0.539. The summed E-state index contributed by atoms with van der Waals surface area (Å²) in [5, 5.41) is 10.7. The van der Waals surface area contributed by atoms with Gasteiger partial charge in [0, 0.05) is 14.1 Å². The van der Waals surface area contributed by atoms with Crippen molar-refractivity contribution in [1.82, 2.24) is 23.1 Å². The van der Waals surface area contributed by atoms with E-state index in [4.69, 9.17) is 0 Å². The summed E-state index contributed by atoms with van der Waals surface area (Å²) in [5.41, 5.74) is -1.44. The van der Waals surface area contributed by atoms with Gasteiger partial charge in [0.25, 0.3) is 11.1 Å². The number of nitrogens with zero attached hydrogens (tertiary/aromatic N) is 5. The number of halogens is 1. The molecule has 3 aromatic heterocycles. The van der Waals surface area contributed by atoms with E-state index in [2.05, 4.69) is 4.98 Å². The first-order valence-corrected chi connectivity index (χ1v) is 8.48. The van der Waals surface area contributed by atoms with Crippen LogP contribution in [0, 0.1) is 5.82 Å². The van der Waals surface area contributed by atoms with E-state index in [0.717, 1.165) is 13.5 Å². The SMILES string of the molecule is CCc1c(O)n2c3c(=O)n(C)c(=O)n(C)c3nc2n(-c2ccc(F)cc2)c1=O. The van der Waals surface area contributed by atoms with Gasteiger partial charge in [0.15, 0.2) is 11.2 Å². The molecule has 0 amide bonds. The average molecular weight is 385 g/mol. The number of fused-ring (bicyclic) bond motifs is 3. The maximum absolute atomic E-state index is 13.4. The zero-order valence-electron chi connectivity index (χ0n) is 15.3. The Morgan fingerprint density at radius 3 is 2.29 bits per heavy atom. The van der Waals surface area contributed by atoms with E-state index < -0.39 is 28.5 Å². The van der Waals surface area contributed by atoms with Crippen molar-refractivity contribution in [2.75, 3.05) is 0 Å². The van der Waals surface area contributed by atoms with Gasteiger partial charge in [0.05, 0.1) is 11.3 Å². The van der Waals surface area contributed by atoms with Gasteiger partial charge in [0.1, 0.15) is 5.82 Å². The lowest BCUT2D eigenvalue weighted by Crippen LogP contribution is -2.37. The summed E-state index contributed by atoms with van der Waals surface area (Å²) >= 11 is 0. The largest absolute Gasteiger partial charge is 0.494 e. The summed E-state index contributed by atoms with van der Waals surface area (Å²) in [6.07, 6.45) is 0.188. The lowest BCUT2D eigenvalue weighted by atomic mass is 10.2. The van der Waals surface area contributed by atoms with E-state index in [1.165, 1.54) is 42.9 Å². The summed E-state index contributed by atoms with van der Waals surface area (Å²) in [4.78, 5) is 42.3. The predicted molar refractivity (Wildman–Crippen MR) is 99.8 cm³/mol. The predicted octanol–water partition coefficient (Wildman–Crippen LogP) is 0.443. The molecule has 0 saturated heterocycles. The summed E-state index contributed by atoms with van der Waals surface area (Å²) in [6, 6.07) is 5.16. The first kappa shape index (κ1) is 17.7. The van der Waals surface area contributed by atoms with Crippen LogP contribution in [0.25, 0.3) is 22.6 Å². The first-order valence-electron chi connectivity index (χ1n) is 8.48. The normalized spacial score (nSPS) is 11.6. The molecule has 3 heterocycles. The van der Waals surface area contributed by atoms with E-state index in [0.29, 0.717) is 5.69 Å². The third-order valence-electron chi connectivity index (χ3n) is 4.82. The fraction of sp³-hybridized carbons (Fsp3) is 0.222. The molecule has 0 radical (unpaired) electrons. The molecule has 0 unspecified atom stereocenters. The number of hydrogen-bond acceptors (Lipinski definition) is 5. The molecule has 0 aliphatic carbocycles. The Hall–Kier alpha value is -3.69. The number of benzene rings is 1. The van der Waals surface area contributed by atoms with Gasteiger partial charge in [-0.05, 0) is 30.7 Å². The highest BCUT2D eigenvalue weighted by Crippen LogP contribution is 2.23. The van der Waals surface area contributed by atoms with Crippen LogP contribution in [0.4, 0.5) is 4.39 Å². The Kier molecular flexibility index (Phi) is 3.74. The molecule has 28 heavy (non-hydrogen) atoms. The van der Waals surface area contributed by atoms with Crippen molar-refractivity contribution < 1.29 is 9.50 Å². The Morgan fingerprint density at radius 1 is 1.04 bits per heavy atom. The highest BCUT2D eigenvalue weighted by atomic mass is 19.1. The van der Waals surface area contributed by atoms with Crippen LogP contribution in [-0.2, 0) is 20.5 Å². The summed E-state index contributed by atoms with van der Waals surface area (Å²) in [6.45, 7) is 1.68. The third kappa shape index (κ3) is 2.17. The zero-order valence-corrected chi connectivity index (χ0v) is 15.3. The molecular weight excluding hydrogens is 369 g/mol. The second-order valence-electron chi connectivity index (χ2n) is 6.40. The van der Waals surface area contributed by atoms with Crippen LogP contribution < -0.4 is 16.8 Å². The number of aromatic hydroxyl groups is 1. The Balaban J connectivity index is 2.35. The topological polar surface area (TPSA) is 104 Å². The Morgan fingerprint density at radius 2 is 1.68 bits per heavy atom. The smallest absolute Gasteiger partial charge is 0.332 e. The van der Waals surface area contributed by atoms with Crippen molar-refractivity contribution in [1.29, 1.82) is 0 Å². The van der Waals surface area contributed by atoms with Crippen LogP contribution in [0.15, 0.2) is 38.6 Å². The van der Waals surface area contributed by atoms with Gasteiger partial charge in [-0.25, -0.2) is 18.2 Å². The van der Waals surface area contributed by atoms with Crippen molar-refractivity contribution in [3.63, 3.8) is 0 Å². The number of hydrogen-bond donors (Lipinski definition) is 1. The van der Waals surface area contributed by atoms with E-state index in [-0.39, 0.29) is 28.9 Å². The molecule has 4 rings (SSSR count). The van der Waals surface area contributed by atoms with E-state index >= 15 is 0 Å². The fourth-order valence-corrected chi connectivity index (χ4v) is 3.32. The van der Waals surface area contributed by atoms with Gasteiger partial charge in [0.2, 0.25) is 11.7 Å². The number of imidazole rings is 1. The Bertz CT molecular complexity index is 1440. The molecule has 4 aromatic rings. The molecule has 0 spiro atoms. The number of aromatic nitrogens is 5. The van der Waals surface area contributed by atoms with Gasteiger partial charge >= 0.3 is 5.69 Å². The van der Waals surface area contributed by atoms with Crippen LogP contribution >= 0.6 is 0 Å². The second-order valence-corrected chi connectivity index (χ2v) is 6.40. The summed E-state index contributed by atoms with van der Waals surface area (Å²) in [5.74, 6) is -0.953. The third-order valence-corrected chi connectivity index (χ3v) is 4.82. The van der Waals surface area contributed by atoms with E-state index in [9.17, 15) is 23.9 Å². The maximum atomic E-state index is 13.4. The van der Waals surface area contributed by atoms with Crippen molar-refractivity contribution in [2.45, 2.75) is 13.3 Å². The summed E-state index contributed by atoms with van der Waals surface area (Å²) < 4.78 is 17.8.